The Hall–Kier alpha value is -3.58. The van der Waals surface area contributed by atoms with Crippen LogP contribution in [-0.2, 0) is 24.4 Å². The zero-order chi connectivity index (χ0) is 24.9. The van der Waals surface area contributed by atoms with Crippen molar-refractivity contribution in [3.05, 3.63) is 47.5 Å². The Morgan fingerprint density at radius 2 is 1.74 bits per heavy atom. The SMILES string of the molecule is O=C(CCC(F)(F)F)NCc1ccc2nc(CNC(=O)c3cnn(CCC(F)(F)F)c3)[nH]c2c1. The number of carbonyl (C=O) groups excluding carboxylic acids is 2. The summed E-state index contributed by atoms with van der Waals surface area (Å²) in [6.45, 7) is -0.355. The monoisotopic (exact) mass is 490 g/mol. The lowest BCUT2D eigenvalue weighted by molar-refractivity contribution is -0.144. The summed E-state index contributed by atoms with van der Waals surface area (Å²) in [5.41, 5.74) is 1.89. The fourth-order valence-corrected chi connectivity index (χ4v) is 2.96. The molecule has 3 rings (SSSR count). The van der Waals surface area contributed by atoms with Gasteiger partial charge in [-0.1, -0.05) is 6.07 Å². The highest BCUT2D eigenvalue weighted by Crippen LogP contribution is 2.21. The third kappa shape index (κ3) is 7.78. The quantitative estimate of drug-likeness (QED) is 0.399. The second-order valence-electron chi connectivity index (χ2n) is 7.47. The molecule has 0 fully saturated rings. The van der Waals surface area contributed by atoms with Crippen LogP contribution >= 0.6 is 0 Å². The van der Waals surface area contributed by atoms with E-state index in [0.29, 0.717) is 22.4 Å². The first kappa shape index (κ1) is 25.1. The Morgan fingerprint density at radius 3 is 2.44 bits per heavy atom. The predicted octanol–water partition coefficient (Wildman–Crippen LogP) is 3.60. The minimum Gasteiger partial charge on any atom is -0.352 e. The van der Waals surface area contributed by atoms with Crippen LogP contribution in [0.15, 0.2) is 30.6 Å². The maximum absolute atomic E-state index is 12.3. The van der Waals surface area contributed by atoms with Crippen molar-refractivity contribution in [1.82, 2.24) is 30.4 Å². The van der Waals surface area contributed by atoms with Crippen LogP contribution in [0.4, 0.5) is 26.3 Å². The molecule has 0 atom stereocenters. The summed E-state index contributed by atoms with van der Waals surface area (Å²) in [6, 6.07) is 4.98. The largest absolute Gasteiger partial charge is 0.390 e. The molecule has 2 aromatic heterocycles. The van der Waals surface area contributed by atoms with E-state index < -0.39 is 50.0 Å². The Kier molecular flexibility index (Phi) is 7.47. The van der Waals surface area contributed by atoms with Gasteiger partial charge in [0.25, 0.3) is 5.91 Å². The van der Waals surface area contributed by atoms with Gasteiger partial charge in [0.1, 0.15) is 5.82 Å². The van der Waals surface area contributed by atoms with Crippen molar-refractivity contribution in [2.24, 2.45) is 0 Å². The lowest BCUT2D eigenvalue weighted by Crippen LogP contribution is -2.24. The Labute approximate surface area is 188 Å². The van der Waals surface area contributed by atoms with Crippen LogP contribution in [0, 0.1) is 0 Å². The van der Waals surface area contributed by atoms with Crippen LogP contribution in [0.2, 0.25) is 0 Å². The van der Waals surface area contributed by atoms with E-state index in [1.165, 1.54) is 12.4 Å². The topological polar surface area (TPSA) is 105 Å². The summed E-state index contributed by atoms with van der Waals surface area (Å²) < 4.78 is 74.4. The molecule has 0 aliphatic carbocycles. The number of nitrogens with one attached hydrogen (secondary N) is 3. The number of aromatic amines is 1. The Bertz CT molecular complexity index is 1150. The lowest BCUT2D eigenvalue weighted by Gasteiger charge is -2.07. The Morgan fingerprint density at radius 1 is 1.00 bits per heavy atom. The third-order valence-corrected chi connectivity index (χ3v) is 4.66. The standard InChI is InChI=1S/C20H20F6N6O2/c21-19(22,23)4-3-17(33)27-8-12-1-2-14-15(7-12)31-16(30-14)10-28-18(34)13-9-29-32(11-13)6-5-20(24,25)26/h1-2,7,9,11H,3-6,8,10H2,(H,27,33)(H,28,34)(H,30,31). The predicted molar refractivity (Wildman–Crippen MR) is 107 cm³/mol. The summed E-state index contributed by atoms with van der Waals surface area (Å²) in [5, 5.41) is 8.75. The molecule has 14 heteroatoms. The van der Waals surface area contributed by atoms with Gasteiger partial charge in [0, 0.05) is 25.7 Å². The van der Waals surface area contributed by atoms with Gasteiger partial charge in [0.2, 0.25) is 5.91 Å². The molecule has 34 heavy (non-hydrogen) atoms. The summed E-state index contributed by atoms with van der Waals surface area (Å²) in [4.78, 5) is 31.1. The van der Waals surface area contributed by atoms with Gasteiger partial charge in [-0.15, -0.1) is 0 Å². The summed E-state index contributed by atoms with van der Waals surface area (Å²) >= 11 is 0. The van der Waals surface area contributed by atoms with E-state index in [9.17, 15) is 35.9 Å². The molecule has 184 valence electrons. The summed E-state index contributed by atoms with van der Waals surface area (Å²) in [6.07, 6.45) is -9.24. The minimum absolute atomic E-state index is 0.00472. The van der Waals surface area contributed by atoms with E-state index in [1.54, 1.807) is 18.2 Å². The van der Waals surface area contributed by atoms with E-state index in [1.807, 2.05) is 0 Å². The van der Waals surface area contributed by atoms with Crippen LogP contribution in [0.25, 0.3) is 11.0 Å². The molecule has 0 radical (unpaired) electrons. The second-order valence-corrected chi connectivity index (χ2v) is 7.47. The van der Waals surface area contributed by atoms with Crippen molar-refractivity contribution in [3.63, 3.8) is 0 Å². The highest BCUT2D eigenvalue weighted by Gasteiger charge is 2.28. The molecule has 0 bridgehead atoms. The zero-order valence-corrected chi connectivity index (χ0v) is 17.6. The number of hydrogen-bond donors (Lipinski definition) is 3. The molecule has 0 aliphatic rings. The number of H-pyrrole nitrogens is 1. The molecule has 2 amide bonds. The van der Waals surface area contributed by atoms with Gasteiger partial charge in [0.05, 0.1) is 42.2 Å². The molecule has 0 saturated heterocycles. The third-order valence-electron chi connectivity index (χ3n) is 4.66. The number of aryl methyl sites for hydroxylation is 1. The van der Waals surface area contributed by atoms with Gasteiger partial charge < -0.3 is 15.6 Å². The minimum atomic E-state index is -4.40. The lowest BCUT2D eigenvalue weighted by atomic mass is 10.2. The number of nitrogens with zero attached hydrogens (tertiary/aromatic N) is 3. The number of fused-ring (bicyclic) bond motifs is 1. The molecular formula is C20H20F6N6O2. The average molecular weight is 490 g/mol. The number of halogens is 6. The highest BCUT2D eigenvalue weighted by atomic mass is 19.4. The number of imidazole rings is 1. The van der Waals surface area contributed by atoms with E-state index in [4.69, 9.17) is 0 Å². The average Bonchev–Trinajstić information content (AvgIpc) is 3.38. The van der Waals surface area contributed by atoms with Crippen molar-refractivity contribution in [2.75, 3.05) is 0 Å². The van der Waals surface area contributed by atoms with Gasteiger partial charge in [-0.3, -0.25) is 14.3 Å². The number of alkyl halides is 6. The van der Waals surface area contributed by atoms with E-state index in [0.717, 1.165) is 4.68 Å². The van der Waals surface area contributed by atoms with E-state index in [-0.39, 0.29) is 18.7 Å². The Balaban J connectivity index is 1.51. The molecule has 0 saturated carbocycles. The van der Waals surface area contributed by atoms with Gasteiger partial charge in [-0.25, -0.2) is 4.98 Å². The molecule has 1 aromatic carbocycles. The van der Waals surface area contributed by atoms with Crippen LogP contribution in [0.5, 0.6) is 0 Å². The van der Waals surface area contributed by atoms with Crippen LogP contribution in [0.1, 0.15) is 41.0 Å². The summed E-state index contributed by atoms with van der Waals surface area (Å²) in [5.74, 6) is -0.854. The van der Waals surface area contributed by atoms with Crippen molar-refractivity contribution in [1.29, 1.82) is 0 Å². The smallest absolute Gasteiger partial charge is 0.352 e. The molecule has 8 nitrogen and oxygen atoms in total. The van der Waals surface area contributed by atoms with Crippen molar-refractivity contribution in [3.8, 4) is 0 Å². The number of carbonyl (C=O) groups is 2. The van der Waals surface area contributed by atoms with Crippen LogP contribution in [-0.4, -0.2) is 43.9 Å². The second kappa shape index (κ2) is 10.1. The highest BCUT2D eigenvalue weighted by molar-refractivity contribution is 5.93. The van der Waals surface area contributed by atoms with Gasteiger partial charge in [-0.05, 0) is 17.7 Å². The normalized spacial score (nSPS) is 12.2. The fourth-order valence-electron chi connectivity index (χ4n) is 2.96. The van der Waals surface area contributed by atoms with Crippen LogP contribution < -0.4 is 10.6 Å². The van der Waals surface area contributed by atoms with Gasteiger partial charge in [-0.2, -0.15) is 31.4 Å². The number of amides is 2. The van der Waals surface area contributed by atoms with Gasteiger partial charge in [0.15, 0.2) is 0 Å². The van der Waals surface area contributed by atoms with Crippen LogP contribution in [0.3, 0.4) is 0 Å². The molecule has 3 N–H and O–H groups in total. The molecular weight excluding hydrogens is 470 g/mol. The van der Waals surface area contributed by atoms with E-state index in [2.05, 4.69) is 25.7 Å². The fraction of sp³-hybridized carbons (Fsp3) is 0.400. The van der Waals surface area contributed by atoms with E-state index >= 15 is 0 Å². The molecule has 3 aromatic rings. The summed E-state index contributed by atoms with van der Waals surface area (Å²) in [7, 11) is 0. The molecule has 0 spiro atoms. The first-order valence-corrected chi connectivity index (χ1v) is 10.1. The number of benzene rings is 1. The maximum atomic E-state index is 12.3. The zero-order valence-electron chi connectivity index (χ0n) is 17.6. The van der Waals surface area contributed by atoms with Crippen molar-refractivity contribution in [2.45, 2.75) is 51.2 Å². The number of rotatable bonds is 9. The maximum Gasteiger partial charge on any atom is 0.390 e. The van der Waals surface area contributed by atoms with Crippen molar-refractivity contribution >= 4 is 22.8 Å². The molecule has 0 aliphatic heterocycles. The number of hydrogen-bond acceptors (Lipinski definition) is 4. The van der Waals surface area contributed by atoms with Crippen molar-refractivity contribution < 1.29 is 35.9 Å². The first-order valence-electron chi connectivity index (χ1n) is 10.1. The molecule has 0 unspecified atom stereocenters. The number of aromatic nitrogens is 4. The molecule has 2 heterocycles. The van der Waals surface area contributed by atoms with Gasteiger partial charge >= 0.3 is 12.4 Å². The first-order chi connectivity index (χ1) is 15.9.